The van der Waals surface area contributed by atoms with E-state index in [0.29, 0.717) is 51.0 Å². The minimum Gasteiger partial charge on any atom is -0.454 e. The molecule has 0 atom stereocenters. The summed E-state index contributed by atoms with van der Waals surface area (Å²) in [5, 5.41) is 22.0. The van der Waals surface area contributed by atoms with Gasteiger partial charge in [-0.15, -0.1) is 0 Å². The van der Waals surface area contributed by atoms with Crippen LogP contribution < -0.4 is 15.0 Å². The normalized spacial score (nSPS) is 12.7. The highest BCUT2D eigenvalue weighted by Crippen LogP contribution is 2.38. The number of aliphatic hydroxyl groups excluding tert-OH is 2. The molecular formula is C24H23N3O6. The van der Waals surface area contributed by atoms with Crippen molar-refractivity contribution in [1.29, 1.82) is 0 Å². The summed E-state index contributed by atoms with van der Waals surface area (Å²) in [7, 11) is 1.69. The molecule has 2 N–H and O–H groups in total. The second-order valence-electron chi connectivity index (χ2n) is 8.12. The first-order chi connectivity index (χ1) is 15.9. The summed E-state index contributed by atoms with van der Waals surface area (Å²) in [4.78, 5) is 31.6. The Morgan fingerprint density at radius 2 is 1.70 bits per heavy atom. The van der Waals surface area contributed by atoms with Crippen LogP contribution >= 0.6 is 0 Å². The molecule has 9 nitrogen and oxygen atoms in total. The van der Waals surface area contributed by atoms with Gasteiger partial charge in [0.1, 0.15) is 0 Å². The van der Waals surface area contributed by atoms with Crippen molar-refractivity contribution in [3.8, 4) is 11.5 Å². The van der Waals surface area contributed by atoms with Crippen molar-refractivity contribution in [3.05, 3.63) is 51.9 Å². The second-order valence-corrected chi connectivity index (χ2v) is 8.12. The van der Waals surface area contributed by atoms with Gasteiger partial charge >= 0.3 is 0 Å². The second kappa shape index (κ2) is 8.02. The third-order valence-electron chi connectivity index (χ3n) is 6.25. The quantitative estimate of drug-likeness (QED) is 0.447. The van der Waals surface area contributed by atoms with Gasteiger partial charge in [0, 0.05) is 55.5 Å². The monoisotopic (exact) mass is 449 g/mol. The summed E-state index contributed by atoms with van der Waals surface area (Å²) in [6, 6.07) is 6.96. The van der Waals surface area contributed by atoms with Crippen LogP contribution in [-0.4, -0.2) is 51.0 Å². The summed E-state index contributed by atoms with van der Waals surface area (Å²) in [6.45, 7) is 1.64. The van der Waals surface area contributed by atoms with Crippen LogP contribution in [0.5, 0.6) is 11.5 Å². The van der Waals surface area contributed by atoms with Crippen LogP contribution in [0.25, 0.3) is 32.6 Å². The Balaban J connectivity index is 1.89. The molecule has 1 amide bonds. The molecule has 0 saturated heterocycles. The number of benzene rings is 2. The van der Waals surface area contributed by atoms with Crippen LogP contribution in [0, 0.1) is 0 Å². The lowest BCUT2D eigenvalue weighted by Gasteiger charge is -2.19. The van der Waals surface area contributed by atoms with E-state index in [9.17, 15) is 19.8 Å². The topological polar surface area (TPSA) is 114 Å². The van der Waals surface area contributed by atoms with Gasteiger partial charge in [-0.3, -0.25) is 14.6 Å². The Morgan fingerprint density at radius 3 is 2.36 bits per heavy atom. The number of carbonyl (C=O) groups is 1. The van der Waals surface area contributed by atoms with Crippen molar-refractivity contribution < 1.29 is 24.5 Å². The van der Waals surface area contributed by atoms with E-state index in [1.54, 1.807) is 40.9 Å². The average Bonchev–Trinajstić information content (AvgIpc) is 3.28. The fourth-order valence-corrected chi connectivity index (χ4v) is 4.31. The SMILES string of the molecule is CC(=O)N(C)CCn1c(=O)c2cc(CO)c(CO)cc2c2cnc3cc4c(cc3c21)OCO4. The Morgan fingerprint density at radius 1 is 1.03 bits per heavy atom. The van der Waals surface area contributed by atoms with Crippen LogP contribution in [0.4, 0.5) is 0 Å². The van der Waals surface area contributed by atoms with Crippen LogP contribution in [0.15, 0.2) is 35.3 Å². The number of fused-ring (bicyclic) bond motifs is 6. The number of aromatic nitrogens is 2. The van der Waals surface area contributed by atoms with E-state index in [-0.39, 0.29) is 38.0 Å². The number of nitrogens with zero attached hydrogens (tertiary/aromatic N) is 3. The number of carbonyl (C=O) groups excluding carboxylic acids is 1. The van der Waals surface area contributed by atoms with Crippen LogP contribution in [0.3, 0.4) is 0 Å². The van der Waals surface area contributed by atoms with Gasteiger partial charge in [0.05, 0.1) is 24.2 Å². The molecule has 0 fully saturated rings. The van der Waals surface area contributed by atoms with Gasteiger partial charge in [-0.2, -0.15) is 0 Å². The lowest BCUT2D eigenvalue weighted by Crippen LogP contribution is -2.31. The van der Waals surface area contributed by atoms with Gasteiger partial charge in [0.15, 0.2) is 11.5 Å². The first-order valence-electron chi connectivity index (χ1n) is 10.6. The van der Waals surface area contributed by atoms with Crippen LogP contribution in [-0.2, 0) is 24.6 Å². The molecule has 0 aliphatic carbocycles. The predicted octanol–water partition coefficient (Wildman–Crippen LogP) is 1.89. The highest BCUT2D eigenvalue weighted by Gasteiger charge is 2.20. The molecule has 2 aromatic carbocycles. The maximum atomic E-state index is 13.7. The first kappa shape index (κ1) is 21.2. The number of pyridine rings is 2. The van der Waals surface area contributed by atoms with E-state index in [1.807, 2.05) is 6.07 Å². The molecular weight excluding hydrogens is 426 g/mol. The van der Waals surface area contributed by atoms with Gasteiger partial charge < -0.3 is 29.2 Å². The molecule has 0 radical (unpaired) electrons. The molecule has 4 aromatic rings. The molecule has 1 aliphatic heterocycles. The fraction of sp³-hybridized carbons (Fsp3) is 0.292. The summed E-state index contributed by atoms with van der Waals surface area (Å²) in [5.41, 5.74) is 2.09. The standard InChI is InChI=1S/C24H23N3O6/c1-13(30)26(2)3-4-27-23-18-7-21-22(33-12-32-21)8-20(18)25-9-19(23)16-5-14(10-28)15(11-29)6-17(16)24(27)31/h5-9,28-29H,3-4,10-12H2,1-2H3. The Bertz CT molecular complexity index is 1490. The predicted molar refractivity (Wildman–Crippen MR) is 122 cm³/mol. The highest BCUT2D eigenvalue weighted by atomic mass is 16.7. The number of ether oxygens (including phenoxy) is 2. The smallest absolute Gasteiger partial charge is 0.259 e. The molecule has 0 bridgehead atoms. The Labute approximate surface area is 188 Å². The number of hydrogen-bond donors (Lipinski definition) is 2. The Hall–Kier alpha value is -3.69. The van der Waals surface area contributed by atoms with E-state index < -0.39 is 0 Å². The molecule has 0 saturated carbocycles. The molecule has 0 unspecified atom stereocenters. The molecule has 0 spiro atoms. The van der Waals surface area contributed by atoms with E-state index in [1.165, 1.54) is 6.92 Å². The lowest BCUT2D eigenvalue weighted by molar-refractivity contribution is -0.127. The fourth-order valence-electron chi connectivity index (χ4n) is 4.31. The van der Waals surface area contributed by atoms with Crippen molar-refractivity contribution in [2.45, 2.75) is 26.7 Å². The molecule has 170 valence electrons. The van der Waals surface area contributed by atoms with E-state index >= 15 is 0 Å². The molecule has 9 heteroatoms. The third-order valence-corrected chi connectivity index (χ3v) is 6.25. The minimum atomic E-state index is -0.296. The highest BCUT2D eigenvalue weighted by molar-refractivity contribution is 6.14. The summed E-state index contributed by atoms with van der Waals surface area (Å²) < 4.78 is 12.7. The van der Waals surface area contributed by atoms with Crippen molar-refractivity contribution >= 4 is 38.5 Å². The van der Waals surface area contributed by atoms with Crippen molar-refractivity contribution in [2.75, 3.05) is 20.4 Å². The Kier molecular flexibility index (Phi) is 5.15. The minimum absolute atomic E-state index is 0.0989. The number of hydrogen-bond acceptors (Lipinski definition) is 7. The summed E-state index contributed by atoms with van der Waals surface area (Å²) >= 11 is 0. The largest absolute Gasteiger partial charge is 0.454 e. The van der Waals surface area contributed by atoms with Gasteiger partial charge in [0.2, 0.25) is 12.7 Å². The zero-order chi connectivity index (χ0) is 23.3. The summed E-state index contributed by atoms with van der Waals surface area (Å²) in [6.07, 6.45) is 1.70. The molecule has 33 heavy (non-hydrogen) atoms. The van der Waals surface area contributed by atoms with E-state index in [0.717, 1.165) is 10.8 Å². The molecule has 5 rings (SSSR count). The zero-order valence-electron chi connectivity index (χ0n) is 18.3. The van der Waals surface area contributed by atoms with Gasteiger partial charge in [-0.05, 0) is 34.7 Å². The van der Waals surface area contributed by atoms with Crippen molar-refractivity contribution in [3.63, 3.8) is 0 Å². The third kappa shape index (κ3) is 3.37. The number of aliphatic hydroxyl groups is 2. The average molecular weight is 449 g/mol. The van der Waals surface area contributed by atoms with E-state index in [2.05, 4.69) is 4.98 Å². The van der Waals surface area contributed by atoms with Crippen LogP contribution in [0.1, 0.15) is 18.1 Å². The van der Waals surface area contributed by atoms with Gasteiger partial charge in [0.25, 0.3) is 5.56 Å². The van der Waals surface area contributed by atoms with Crippen molar-refractivity contribution in [1.82, 2.24) is 14.5 Å². The number of rotatable bonds is 5. The van der Waals surface area contributed by atoms with E-state index in [4.69, 9.17) is 9.47 Å². The van der Waals surface area contributed by atoms with Crippen LogP contribution in [0.2, 0.25) is 0 Å². The maximum Gasteiger partial charge on any atom is 0.259 e. The first-order valence-corrected chi connectivity index (χ1v) is 10.6. The lowest BCUT2D eigenvalue weighted by atomic mass is 9.98. The maximum absolute atomic E-state index is 13.7. The zero-order valence-corrected chi connectivity index (χ0v) is 18.3. The van der Waals surface area contributed by atoms with Gasteiger partial charge in [-0.1, -0.05) is 0 Å². The summed E-state index contributed by atoms with van der Waals surface area (Å²) in [5.74, 6) is 1.07. The number of likely N-dealkylation sites (N-methyl/N-ethyl adjacent to an activating group) is 1. The van der Waals surface area contributed by atoms with Crippen molar-refractivity contribution in [2.24, 2.45) is 0 Å². The number of amides is 1. The molecule has 1 aliphatic rings. The van der Waals surface area contributed by atoms with Gasteiger partial charge in [-0.25, -0.2) is 0 Å². The molecule has 3 heterocycles. The molecule has 2 aromatic heterocycles.